The van der Waals surface area contributed by atoms with E-state index in [2.05, 4.69) is 15.1 Å². The van der Waals surface area contributed by atoms with Crippen LogP contribution in [0.5, 0.6) is 0 Å². The average Bonchev–Trinajstić information content (AvgIpc) is 3.25. The van der Waals surface area contributed by atoms with Gasteiger partial charge in [0.05, 0.1) is 0 Å². The predicted molar refractivity (Wildman–Crippen MR) is 84.6 cm³/mol. The summed E-state index contributed by atoms with van der Waals surface area (Å²) >= 11 is 0. The van der Waals surface area contributed by atoms with Gasteiger partial charge in [-0.05, 0) is 51.6 Å². The summed E-state index contributed by atoms with van der Waals surface area (Å²) in [6.45, 7) is 11.4. The molecule has 21 heavy (non-hydrogen) atoms. The second-order valence-corrected chi connectivity index (χ2v) is 6.86. The summed E-state index contributed by atoms with van der Waals surface area (Å²) in [7, 11) is 0. The lowest BCUT2D eigenvalue weighted by atomic mass is 9.95. The van der Waals surface area contributed by atoms with Crippen LogP contribution in [-0.4, -0.2) is 72.2 Å². The van der Waals surface area contributed by atoms with E-state index in [-0.39, 0.29) is 0 Å². The van der Waals surface area contributed by atoms with Crippen molar-refractivity contribution in [1.82, 2.24) is 15.1 Å². The number of carboxylic acids is 1. The third kappa shape index (κ3) is 5.24. The van der Waals surface area contributed by atoms with Gasteiger partial charge >= 0.3 is 5.97 Å². The molecule has 2 aliphatic rings. The van der Waals surface area contributed by atoms with Crippen molar-refractivity contribution in [2.24, 2.45) is 5.92 Å². The van der Waals surface area contributed by atoms with Crippen LogP contribution in [0.1, 0.15) is 39.5 Å². The van der Waals surface area contributed by atoms with E-state index in [1.165, 1.54) is 32.5 Å². The van der Waals surface area contributed by atoms with Crippen LogP contribution >= 0.6 is 0 Å². The van der Waals surface area contributed by atoms with E-state index in [0.29, 0.717) is 13.0 Å². The number of carbonyl (C=O) groups is 1. The second-order valence-electron chi connectivity index (χ2n) is 6.86. The molecule has 2 rings (SSSR count). The smallest absolute Gasteiger partial charge is 0.323 e. The highest BCUT2D eigenvalue weighted by atomic mass is 16.4. The molecule has 0 aromatic heterocycles. The van der Waals surface area contributed by atoms with Crippen LogP contribution in [0.15, 0.2) is 0 Å². The number of hydrogen-bond acceptors (Lipinski definition) is 4. The molecule has 1 saturated carbocycles. The largest absolute Gasteiger partial charge is 0.480 e. The molecule has 1 aliphatic carbocycles. The van der Waals surface area contributed by atoms with Crippen molar-refractivity contribution < 1.29 is 9.90 Å². The summed E-state index contributed by atoms with van der Waals surface area (Å²) < 4.78 is 0. The number of nitrogens with one attached hydrogen (secondary N) is 1. The number of carboxylic acid groups (broad SMARTS) is 1. The molecule has 0 spiro atoms. The summed E-state index contributed by atoms with van der Waals surface area (Å²) in [5.41, 5.74) is -0.775. The highest BCUT2D eigenvalue weighted by Gasteiger charge is 2.31. The quantitative estimate of drug-likeness (QED) is 0.671. The van der Waals surface area contributed by atoms with Gasteiger partial charge in [0.25, 0.3) is 0 Å². The summed E-state index contributed by atoms with van der Waals surface area (Å²) in [6, 6.07) is 0. The monoisotopic (exact) mass is 297 g/mol. The molecule has 0 aromatic carbocycles. The van der Waals surface area contributed by atoms with E-state index in [4.69, 9.17) is 0 Å². The SMILES string of the molecule is CCNC(C)(CCCN1CCN(CC2CC2)CC1)C(=O)O. The Morgan fingerprint density at radius 3 is 2.38 bits per heavy atom. The second kappa shape index (κ2) is 7.56. The Hall–Kier alpha value is -0.650. The molecule has 5 nitrogen and oxygen atoms in total. The molecule has 1 heterocycles. The van der Waals surface area contributed by atoms with Crippen LogP contribution in [0.3, 0.4) is 0 Å². The lowest BCUT2D eigenvalue weighted by Gasteiger charge is -2.35. The van der Waals surface area contributed by atoms with E-state index < -0.39 is 11.5 Å². The highest BCUT2D eigenvalue weighted by Crippen LogP contribution is 2.29. The van der Waals surface area contributed by atoms with E-state index in [1.807, 2.05) is 6.92 Å². The summed E-state index contributed by atoms with van der Waals surface area (Å²) in [5.74, 6) is 0.242. The first-order valence-electron chi connectivity index (χ1n) is 8.46. The first-order valence-corrected chi connectivity index (χ1v) is 8.46. The van der Waals surface area contributed by atoms with Gasteiger partial charge in [-0.25, -0.2) is 0 Å². The van der Waals surface area contributed by atoms with E-state index in [9.17, 15) is 9.90 Å². The van der Waals surface area contributed by atoms with Crippen molar-refractivity contribution >= 4 is 5.97 Å². The van der Waals surface area contributed by atoms with Crippen molar-refractivity contribution in [2.45, 2.75) is 45.1 Å². The fourth-order valence-corrected chi connectivity index (χ4v) is 3.18. The van der Waals surface area contributed by atoms with E-state index >= 15 is 0 Å². The van der Waals surface area contributed by atoms with Crippen LogP contribution in [0.25, 0.3) is 0 Å². The standard InChI is InChI=1S/C16H31N3O2/c1-3-17-16(2,15(20)21)7-4-8-18-9-11-19(12-10-18)13-14-5-6-14/h14,17H,3-13H2,1-2H3,(H,20,21). The summed E-state index contributed by atoms with van der Waals surface area (Å²) in [5, 5.41) is 12.4. The van der Waals surface area contributed by atoms with Gasteiger partial charge in [0.1, 0.15) is 5.54 Å². The van der Waals surface area contributed by atoms with Crippen LogP contribution in [0.2, 0.25) is 0 Å². The molecule has 0 aromatic rings. The Balaban J connectivity index is 1.63. The molecule has 1 unspecified atom stereocenters. The third-order valence-corrected chi connectivity index (χ3v) is 4.87. The van der Waals surface area contributed by atoms with E-state index in [0.717, 1.165) is 32.0 Å². The first-order chi connectivity index (χ1) is 10.0. The van der Waals surface area contributed by atoms with Crippen LogP contribution in [0, 0.1) is 5.92 Å². The Labute approximate surface area is 128 Å². The Kier molecular flexibility index (Phi) is 6.02. The normalized spacial score (nSPS) is 23.9. The minimum absolute atomic E-state index is 0.693. The third-order valence-electron chi connectivity index (χ3n) is 4.87. The van der Waals surface area contributed by atoms with Crippen LogP contribution in [0.4, 0.5) is 0 Å². The van der Waals surface area contributed by atoms with Gasteiger partial charge in [-0.1, -0.05) is 6.92 Å². The van der Waals surface area contributed by atoms with Gasteiger partial charge in [-0.2, -0.15) is 0 Å². The maximum Gasteiger partial charge on any atom is 0.323 e. The number of piperazine rings is 1. The van der Waals surface area contributed by atoms with Crippen molar-refractivity contribution in [3.05, 3.63) is 0 Å². The van der Waals surface area contributed by atoms with Crippen molar-refractivity contribution in [3.8, 4) is 0 Å². The van der Waals surface area contributed by atoms with Crippen LogP contribution < -0.4 is 5.32 Å². The topological polar surface area (TPSA) is 55.8 Å². The molecular weight excluding hydrogens is 266 g/mol. The summed E-state index contributed by atoms with van der Waals surface area (Å²) in [4.78, 5) is 16.4. The molecule has 0 radical (unpaired) electrons. The zero-order valence-corrected chi connectivity index (χ0v) is 13.6. The van der Waals surface area contributed by atoms with Gasteiger partial charge in [0.2, 0.25) is 0 Å². The minimum atomic E-state index is -0.775. The van der Waals surface area contributed by atoms with E-state index in [1.54, 1.807) is 6.92 Å². The number of likely N-dealkylation sites (N-methyl/N-ethyl adjacent to an activating group) is 1. The predicted octanol–water partition coefficient (Wildman–Crippen LogP) is 1.25. The van der Waals surface area contributed by atoms with Crippen molar-refractivity contribution in [3.63, 3.8) is 0 Å². The lowest BCUT2D eigenvalue weighted by molar-refractivity contribution is -0.144. The van der Waals surface area contributed by atoms with Gasteiger partial charge in [-0.3, -0.25) is 4.79 Å². The number of aliphatic carboxylic acids is 1. The molecule has 1 aliphatic heterocycles. The molecule has 0 amide bonds. The number of rotatable bonds is 9. The van der Waals surface area contributed by atoms with Gasteiger partial charge < -0.3 is 20.2 Å². The molecular formula is C16H31N3O2. The molecule has 2 N–H and O–H groups in total. The average molecular weight is 297 g/mol. The van der Waals surface area contributed by atoms with Crippen LogP contribution in [-0.2, 0) is 4.79 Å². The number of hydrogen-bond donors (Lipinski definition) is 2. The molecule has 1 atom stereocenters. The molecule has 2 fully saturated rings. The van der Waals surface area contributed by atoms with Gasteiger partial charge in [0, 0.05) is 32.7 Å². The molecule has 5 heteroatoms. The van der Waals surface area contributed by atoms with Gasteiger partial charge in [-0.15, -0.1) is 0 Å². The van der Waals surface area contributed by atoms with Crippen molar-refractivity contribution in [2.75, 3.05) is 45.8 Å². The zero-order valence-electron chi connectivity index (χ0n) is 13.6. The maximum absolute atomic E-state index is 11.4. The fourth-order valence-electron chi connectivity index (χ4n) is 3.18. The molecule has 0 bridgehead atoms. The molecule has 1 saturated heterocycles. The van der Waals surface area contributed by atoms with Gasteiger partial charge in [0.15, 0.2) is 0 Å². The Morgan fingerprint density at radius 2 is 1.86 bits per heavy atom. The highest BCUT2D eigenvalue weighted by molar-refractivity contribution is 5.78. The first kappa shape index (κ1) is 16.7. The maximum atomic E-state index is 11.4. The molecule has 122 valence electrons. The summed E-state index contributed by atoms with van der Waals surface area (Å²) in [6.07, 6.45) is 4.49. The van der Waals surface area contributed by atoms with Crippen molar-refractivity contribution in [1.29, 1.82) is 0 Å². The Bertz CT molecular complexity index is 338. The fraction of sp³-hybridized carbons (Fsp3) is 0.938. The zero-order chi connectivity index (χ0) is 15.3. The number of nitrogens with zero attached hydrogens (tertiary/aromatic N) is 2. The Morgan fingerprint density at radius 1 is 1.24 bits per heavy atom. The minimum Gasteiger partial charge on any atom is -0.480 e. The lowest BCUT2D eigenvalue weighted by Crippen LogP contribution is -2.50.